The maximum atomic E-state index is 9.57. The molecule has 0 saturated carbocycles. The fraction of sp³-hybridized carbons (Fsp3) is 0.909. The molecule has 0 saturated heterocycles. The van der Waals surface area contributed by atoms with Gasteiger partial charge in [0.1, 0.15) is 6.29 Å². The maximum Gasteiger partial charge on any atom is 0.133 e. The van der Waals surface area contributed by atoms with E-state index in [1.807, 2.05) is 32.8 Å². The monoisotopic (exact) mass is 204 g/mol. The van der Waals surface area contributed by atoms with E-state index in [-0.39, 0.29) is 0 Å². The van der Waals surface area contributed by atoms with Crippen LogP contribution in [0.4, 0.5) is 0 Å². The van der Waals surface area contributed by atoms with E-state index in [1.54, 1.807) is 0 Å². The van der Waals surface area contributed by atoms with Crippen LogP contribution < -0.4 is 0 Å². The van der Waals surface area contributed by atoms with Crippen molar-refractivity contribution in [2.75, 3.05) is 34.7 Å². The average Bonchev–Trinajstić information content (AvgIpc) is 2.08. The molecule has 0 spiro atoms. The first-order chi connectivity index (χ1) is 6.41. The zero-order valence-corrected chi connectivity index (χ0v) is 11.2. The van der Waals surface area contributed by atoms with E-state index in [2.05, 4.69) is 32.8 Å². The summed E-state index contributed by atoms with van der Waals surface area (Å²) in [6.45, 7) is 8.86. The minimum Gasteiger partial charge on any atom is -0.307 e. The summed E-state index contributed by atoms with van der Waals surface area (Å²) in [7, 11) is 7.86. The van der Waals surface area contributed by atoms with Crippen molar-refractivity contribution < 1.29 is 4.79 Å². The van der Waals surface area contributed by atoms with Crippen molar-refractivity contribution in [2.24, 2.45) is 0 Å². The Morgan fingerprint density at radius 2 is 1.36 bits per heavy atom. The SMILES string of the molecule is CC.CC(C)N(C)C.CN(C)CC=O. The van der Waals surface area contributed by atoms with Gasteiger partial charge in [0, 0.05) is 6.04 Å². The fourth-order valence-corrected chi connectivity index (χ4v) is 0.149. The van der Waals surface area contributed by atoms with E-state index in [0.29, 0.717) is 12.6 Å². The Morgan fingerprint density at radius 3 is 1.36 bits per heavy atom. The van der Waals surface area contributed by atoms with Gasteiger partial charge in [-0.05, 0) is 42.0 Å². The van der Waals surface area contributed by atoms with E-state index in [1.165, 1.54) is 0 Å². The fourth-order valence-electron chi connectivity index (χ4n) is 0.149. The molecule has 0 fully saturated rings. The minimum absolute atomic E-state index is 0.528. The highest BCUT2D eigenvalue weighted by Crippen LogP contribution is 1.84. The van der Waals surface area contributed by atoms with Crippen LogP contribution in [0.2, 0.25) is 0 Å². The Labute approximate surface area is 90.1 Å². The van der Waals surface area contributed by atoms with Crippen molar-refractivity contribution in [3.63, 3.8) is 0 Å². The number of hydrogen-bond acceptors (Lipinski definition) is 3. The lowest BCUT2D eigenvalue weighted by Gasteiger charge is -2.12. The first-order valence-corrected chi connectivity index (χ1v) is 5.16. The molecule has 88 valence electrons. The first kappa shape index (κ1) is 19.2. The Morgan fingerprint density at radius 1 is 1.07 bits per heavy atom. The molecule has 0 unspecified atom stereocenters. The molecule has 0 atom stereocenters. The molecule has 0 N–H and O–H groups in total. The lowest BCUT2D eigenvalue weighted by Crippen LogP contribution is -2.20. The van der Waals surface area contributed by atoms with Gasteiger partial charge in [0.25, 0.3) is 0 Å². The van der Waals surface area contributed by atoms with E-state index in [0.717, 1.165) is 6.29 Å². The Balaban J connectivity index is -0.000000147. The van der Waals surface area contributed by atoms with Gasteiger partial charge in [-0.15, -0.1) is 0 Å². The second-order valence-corrected chi connectivity index (χ2v) is 3.49. The topological polar surface area (TPSA) is 23.6 Å². The van der Waals surface area contributed by atoms with Crippen molar-refractivity contribution in [3.05, 3.63) is 0 Å². The Bertz CT molecular complexity index is 95.5. The van der Waals surface area contributed by atoms with Crippen LogP contribution in [0.5, 0.6) is 0 Å². The maximum absolute atomic E-state index is 9.57. The highest BCUT2D eigenvalue weighted by atomic mass is 16.1. The minimum atomic E-state index is 0.528. The second kappa shape index (κ2) is 15.1. The summed E-state index contributed by atoms with van der Waals surface area (Å²) in [6.07, 6.45) is 0.875. The number of carbonyl (C=O) groups excluding carboxylic acids is 1. The first-order valence-electron chi connectivity index (χ1n) is 5.16. The molecule has 0 rings (SSSR count). The van der Waals surface area contributed by atoms with Crippen molar-refractivity contribution in [3.8, 4) is 0 Å². The van der Waals surface area contributed by atoms with Crippen LogP contribution in [0.1, 0.15) is 27.7 Å². The van der Waals surface area contributed by atoms with Crippen molar-refractivity contribution in [2.45, 2.75) is 33.7 Å². The van der Waals surface area contributed by atoms with Gasteiger partial charge in [-0.25, -0.2) is 0 Å². The lowest BCUT2D eigenvalue weighted by atomic mass is 10.4. The van der Waals surface area contributed by atoms with Crippen LogP contribution in [0.15, 0.2) is 0 Å². The predicted octanol–water partition coefficient (Wildman–Crippen LogP) is 1.73. The molecule has 14 heavy (non-hydrogen) atoms. The number of hydrogen-bond donors (Lipinski definition) is 0. The van der Waals surface area contributed by atoms with Gasteiger partial charge in [0.15, 0.2) is 0 Å². The smallest absolute Gasteiger partial charge is 0.133 e. The summed E-state index contributed by atoms with van der Waals surface area (Å²) in [5.41, 5.74) is 0. The molecule has 0 aromatic carbocycles. The molecule has 0 radical (unpaired) electrons. The molecule has 0 bridgehead atoms. The van der Waals surface area contributed by atoms with Crippen LogP contribution in [-0.4, -0.2) is 56.9 Å². The zero-order valence-electron chi connectivity index (χ0n) is 11.2. The van der Waals surface area contributed by atoms with Crippen molar-refractivity contribution in [1.82, 2.24) is 9.80 Å². The molecule has 3 heteroatoms. The number of carbonyl (C=O) groups is 1. The third-order valence-electron chi connectivity index (χ3n) is 1.47. The number of likely N-dealkylation sites (N-methyl/N-ethyl adjacent to an activating group) is 1. The normalized spacial score (nSPS) is 9.07. The molecule has 3 nitrogen and oxygen atoms in total. The van der Waals surface area contributed by atoms with Gasteiger partial charge in [-0.2, -0.15) is 0 Å². The predicted molar refractivity (Wildman–Crippen MR) is 64.8 cm³/mol. The van der Waals surface area contributed by atoms with Gasteiger partial charge in [-0.1, -0.05) is 13.8 Å². The summed E-state index contributed by atoms with van der Waals surface area (Å²) in [6, 6.07) is 0.685. The summed E-state index contributed by atoms with van der Waals surface area (Å²) in [4.78, 5) is 13.6. The quantitative estimate of drug-likeness (QED) is 0.654. The number of aldehydes is 1. The Kier molecular flexibility index (Phi) is 20.7. The molecule has 0 aromatic rings. The van der Waals surface area contributed by atoms with Gasteiger partial charge in [-0.3, -0.25) is 0 Å². The van der Waals surface area contributed by atoms with E-state index < -0.39 is 0 Å². The van der Waals surface area contributed by atoms with E-state index in [9.17, 15) is 4.79 Å². The van der Waals surface area contributed by atoms with Crippen molar-refractivity contribution in [1.29, 1.82) is 0 Å². The van der Waals surface area contributed by atoms with E-state index >= 15 is 0 Å². The van der Waals surface area contributed by atoms with Gasteiger partial charge in [0.05, 0.1) is 6.54 Å². The standard InChI is InChI=1S/C5H13N.C4H9NO.C2H6/c1-5(2)6(3)4;1-5(2)3-4-6;1-2/h5H,1-4H3;4H,3H2,1-2H3;1-2H3. The average molecular weight is 204 g/mol. The third-order valence-corrected chi connectivity index (χ3v) is 1.47. The molecular formula is C11H28N2O. The molecule has 0 aliphatic carbocycles. The van der Waals surface area contributed by atoms with Gasteiger partial charge < -0.3 is 14.6 Å². The van der Waals surface area contributed by atoms with Crippen LogP contribution in [0, 0.1) is 0 Å². The van der Waals surface area contributed by atoms with Crippen LogP contribution >= 0.6 is 0 Å². The Hall–Kier alpha value is -0.410. The van der Waals surface area contributed by atoms with Crippen LogP contribution in [0.3, 0.4) is 0 Å². The van der Waals surface area contributed by atoms with Crippen LogP contribution in [0.25, 0.3) is 0 Å². The number of nitrogens with zero attached hydrogens (tertiary/aromatic N) is 2. The second-order valence-electron chi connectivity index (χ2n) is 3.49. The summed E-state index contributed by atoms with van der Waals surface area (Å²) >= 11 is 0. The summed E-state index contributed by atoms with van der Waals surface area (Å²) in [5.74, 6) is 0. The largest absolute Gasteiger partial charge is 0.307 e. The number of rotatable bonds is 3. The van der Waals surface area contributed by atoms with Crippen molar-refractivity contribution >= 4 is 6.29 Å². The van der Waals surface area contributed by atoms with Crippen LogP contribution in [-0.2, 0) is 4.79 Å². The molecular weight excluding hydrogens is 176 g/mol. The molecule has 0 aliphatic heterocycles. The van der Waals surface area contributed by atoms with Gasteiger partial charge >= 0.3 is 0 Å². The summed E-state index contributed by atoms with van der Waals surface area (Å²) < 4.78 is 0. The third kappa shape index (κ3) is 29.9. The highest BCUT2D eigenvalue weighted by Gasteiger charge is 1.90. The lowest BCUT2D eigenvalue weighted by molar-refractivity contribution is -0.108. The molecule has 0 aliphatic rings. The van der Waals surface area contributed by atoms with Gasteiger partial charge in [0.2, 0.25) is 0 Å². The summed E-state index contributed by atoms with van der Waals surface area (Å²) in [5, 5.41) is 0. The zero-order chi connectivity index (χ0) is 12.1. The molecule has 0 amide bonds. The molecule has 0 aromatic heterocycles. The van der Waals surface area contributed by atoms with E-state index in [4.69, 9.17) is 0 Å². The molecule has 0 heterocycles. The highest BCUT2D eigenvalue weighted by molar-refractivity contribution is 5.51.